The highest BCUT2D eigenvalue weighted by Crippen LogP contribution is 2.62. The Bertz CT molecular complexity index is 2360. The molecule has 4 unspecified atom stereocenters. The van der Waals surface area contributed by atoms with Crippen LogP contribution in [0.5, 0.6) is 0 Å². The second kappa shape index (κ2) is 16.1. The number of carbonyl (C=O) groups excluding carboxylic acids is 6. The van der Waals surface area contributed by atoms with E-state index in [0.29, 0.717) is 36.3 Å². The lowest BCUT2D eigenvalue weighted by atomic mass is 9.55. The van der Waals surface area contributed by atoms with Crippen molar-refractivity contribution in [3.05, 3.63) is 130 Å². The molecule has 12 nitrogen and oxygen atoms in total. The van der Waals surface area contributed by atoms with Crippen LogP contribution in [0.1, 0.15) is 113 Å². The van der Waals surface area contributed by atoms with Crippen LogP contribution in [-0.4, -0.2) is 64.5 Å². The first-order valence-corrected chi connectivity index (χ1v) is 21.4. The number of imide groups is 1. The number of carbonyl (C=O) groups is 6. The number of unbranched alkanes of at least 4 members (excludes halogenated alkanes) is 2. The fourth-order valence-electron chi connectivity index (χ4n) is 10.8. The van der Waals surface area contributed by atoms with E-state index < -0.39 is 34.9 Å². The average Bonchev–Trinajstić information content (AvgIpc) is 3.87. The molecule has 3 fully saturated rings. The van der Waals surface area contributed by atoms with Crippen LogP contribution >= 0.6 is 0 Å². The van der Waals surface area contributed by atoms with Gasteiger partial charge in [0.15, 0.2) is 0 Å². The molecule has 1 aliphatic carbocycles. The Morgan fingerprint density at radius 1 is 0.783 bits per heavy atom. The molecule has 60 heavy (non-hydrogen) atoms. The Kier molecular flexibility index (Phi) is 10.6. The van der Waals surface area contributed by atoms with Crippen molar-refractivity contribution < 1.29 is 28.8 Å². The van der Waals surface area contributed by atoms with E-state index >= 15 is 0 Å². The summed E-state index contributed by atoms with van der Waals surface area (Å²) in [5.74, 6) is -1.84. The van der Waals surface area contributed by atoms with Gasteiger partial charge in [0.1, 0.15) is 11.5 Å². The van der Waals surface area contributed by atoms with Crippen molar-refractivity contribution in [2.45, 2.75) is 106 Å². The molecular formula is C48H50N6O6. The summed E-state index contributed by atoms with van der Waals surface area (Å²) in [7, 11) is 0. The van der Waals surface area contributed by atoms with Crippen LogP contribution in [0.3, 0.4) is 0 Å². The predicted octanol–water partition coefficient (Wildman–Crippen LogP) is 5.88. The summed E-state index contributed by atoms with van der Waals surface area (Å²) in [6.45, 7) is 0.858. The third kappa shape index (κ3) is 6.76. The molecule has 5 aliphatic rings. The number of para-hydroxylation sites is 1. The zero-order valence-electron chi connectivity index (χ0n) is 33.6. The number of fused-ring (bicyclic) bond motifs is 4. The maximum atomic E-state index is 14.5. The summed E-state index contributed by atoms with van der Waals surface area (Å²) >= 11 is 0. The van der Waals surface area contributed by atoms with Gasteiger partial charge in [-0.3, -0.25) is 39.4 Å². The van der Waals surface area contributed by atoms with Gasteiger partial charge < -0.3 is 20.9 Å². The Labute approximate surface area is 349 Å². The predicted molar refractivity (Wildman–Crippen MR) is 226 cm³/mol. The van der Waals surface area contributed by atoms with Crippen LogP contribution in [0.15, 0.2) is 97.1 Å². The van der Waals surface area contributed by atoms with Crippen molar-refractivity contribution in [1.29, 1.82) is 0 Å². The van der Waals surface area contributed by atoms with Crippen molar-refractivity contribution in [2.75, 3.05) is 17.2 Å². The van der Waals surface area contributed by atoms with Crippen LogP contribution in [0.2, 0.25) is 0 Å². The van der Waals surface area contributed by atoms with Crippen molar-refractivity contribution in [1.82, 2.24) is 20.9 Å². The number of amides is 6. The third-order valence-corrected chi connectivity index (χ3v) is 13.6. The molecule has 4 aliphatic heterocycles. The van der Waals surface area contributed by atoms with Gasteiger partial charge in [-0.15, -0.1) is 0 Å². The molecule has 6 amide bonds. The lowest BCUT2D eigenvalue weighted by molar-refractivity contribution is -0.137. The molecule has 2 spiro atoms. The Balaban J connectivity index is 0.810. The summed E-state index contributed by atoms with van der Waals surface area (Å²) in [5.41, 5.74) is 4.80. The summed E-state index contributed by atoms with van der Waals surface area (Å²) < 4.78 is 0. The molecule has 2 saturated heterocycles. The standard InChI is InChI=1S/C48H50N6O6/c55-39-25-24-38(43(57)52-39)54-29-35-30(16-12-17-34(35)45(54)59)13-6-2-11-28-49-42(56)32-20-22-33(23-21-32)50-44(58)41-40(31-14-4-1-5-15-31)48(47(53-41)26-9-3-10-27-47)36-18-7-8-19-37(36)51-46(48)60/h1,4-5,7-8,12,14-23,38,40-41,53H,2-3,6,9-11,13,24-29H2,(H,49,56)(H,50,58)(H,51,60)(H,52,55,57). The highest BCUT2D eigenvalue weighted by Gasteiger charge is 2.71. The van der Waals surface area contributed by atoms with Gasteiger partial charge in [0.2, 0.25) is 23.6 Å². The van der Waals surface area contributed by atoms with E-state index in [1.807, 2.05) is 66.7 Å². The van der Waals surface area contributed by atoms with Crippen molar-refractivity contribution in [3.8, 4) is 0 Å². The molecule has 0 aromatic heterocycles. The topological polar surface area (TPSA) is 166 Å². The molecule has 12 heteroatoms. The largest absolute Gasteiger partial charge is 0.352 e. The van der Waals surface area contributed by atoms with Gasteiger partial charge in [-0.05, 0) is 97.2 Å². The molecule has 9 rings (SSSR count). The first kappa shape index (κ1) is 39.3. The quantitative estimate of drug-likeness (QED) is 0.0934. The number of aryl methyl sites for hydroxylation is 1. The average molecular weight is 807 g/mol. The van der Waals surface area contributed by atoms with E-state index in [-0.39, 0.29) is 36.0 Å². The van der Waals surface area contributed by atoms with Gasteiger partial charge in [0, 0.05) is 53.5 Å². The van der Waals surface area contributed by atoms with Gasteiger partial charge in [-0.2, -0.15) is 0 Å². The van der Waals surface area contributed by atoms with E-state index in [4.69, 9.17) is 0 Å². The minimum atomic E-state index is -0.974. The molecule has 4 heterocycles. The van der Waals surface area contributed by atoms with Crippen LogP contribution in [0.4, 0.5) is 11.4 Å². The maximum Gasteiger partial charge on any atom is 0.255 e. The first-order valence-electron chi connectivity index (χ1n) is 21.4. The number of hydrogen-bond donors (Lipinski definition) is 5. The number of anilines is 2. The van der Waals surface area contributed by atoms with Gasteiger partial charge >= 0.3 is 0 Å². The lowest BCUT2D eigenvalue weighted by Gasteiger charge is -2.47. The zero-order chi connectivity index (χ0) is 41.4. The third-order valence-electron chi connectivity index (χ3n) is 13.6. The normalized spacial score (nSPS) is 23.9. The molecule has 0 bridgehead atoms. The number of piperidine rings is 1. The minimum Gasteiger partial charge on any atom is -0.352 e. The monoisotopic (exact) mass is 806 g/mol. The number of benzene rings is 4. The van der Waals surface area contributed by atoms with Gasteiger partial charge in [0.05, 0.1) is 6.04 Å². The fraction of sp³-hybridized carbons (Fsp3) is 0.375. The van der Waals surface area contributed by atoms with Gasteiger partial charge in [-0.25, -0.2) is 0 Å². The van der Waals surface area contributed by atoms with Crippen molar-refractivity contribution >= 4 is 46.8 Å². The SMILES string of the molecule is O=C1CCC(N2Cc3c(CCCCCNC(=O)c4ccc(NC(=O)C5NC6(CCCCC6)C6(C(=O)Nc7ccccc76)C5c5ccccc5)cc4)cccc3C2=O)C(=O)N1. The van der Waals surface area contributed by atoms with Crippen LogP contribution in [0.25, 0.3) is 0 Å². The molecule has 1 saturated carbocycles. The van der Waals surface area contributed by atoms with Crippen molar-refractivity contribution in [3.63, 3.8) is 0 Å². The second-order valence-electron chi connectivity index (χ2n) is 16.9. The molecule has 0 radical (unpaired) electrons. The molecule has 4 aromatic carbocycles. The van der Waals surface area contributed by atoms with Crippen molar-refractivity contribution in [2.24, 2.45) is 0 Å². The summed E-state index contributed by atoms with van der Waals surface area (Å²) in [6.07, 6.45) is 8.44. The second-order valence-corrected chi connectivity index (χ2v) is 16.9. The molecule has 308 valence electrons. The number of nitrogens with zero attached hydrogens (tertiary/aromatic N) is 1. The lowest BCUT2D eigenvalue weighted by Crippen LogP contribution is -2.60. The van der Waals surface area contributed by atoms with Gasteiger partial charge in [-0.1, -0.05) is 86.3 Å². The van der Waals surface area contributed by atoms with Crippen LogP contribution in [-0.2, 0) is 37.6 Å². The van der Waals surface area contributed by atoms with E-state index in [2.05, 4.69) is 26.6 Å². The van der Waals surface area contributed by atoms with E-state index in [9.17, 15) is 28.8 Å². The summed E-state index contributed by atoms with van der Waals surface area (Å²) in [5, 5.41) is 15.5. The highest BCUT2D eigenvalue weighted by atomic mass is 16.2. The number of hydrogen-bond acceptors (Lipinski definition) is 7. The highest BCUT2D eigenvalue weighted by molar-refractivity contribution is 6.11. The summed E-state index contributed by atoms with van der Waals surface area (Å²) in [4.78, 5) is 80.9. The minimum absolute atomic E-state index is 0.0604. The fourth-order valence-corrected chi connectivity index (χ4v) is 10.8. The zero-order valence-corrected chi connectivity index (χ0v) is 33.6. The maximum absolute atomic E-state index is 14.5. The van der Waals surface area contributed by atoms with Crippen LogP contribution < -0.4 is 26.6 Å². The van der Waals surface area contributed by atoms with Crippen LogP contribution in [0, 0.1) is 0 Å². The first-order chi connectivity index (χ1) is 29.2. The smallest absolute Gasteiger partial charge is 0.255 e. The van der Waals surface area contributed by atoms with E-state index in [0.717, 1.165) is 85.7 Å². The molecule has 4 atom stereocenters. The molecule has 4 aromatic rings. The Hall–Kier alpha value is -6.14. The summed E-state index contributed by atoms with van der Waals surface area (Å²) in [6, 6.07) is 29.1. The Morgan fingerprint density at radius 2 is 1.55 bits per heavy atom. The molecule has 5 N–H and O–H groups in total. The molecular weight excluding hydrogens is 757 g/mol. The number of nitrogens with one attached hydrogen (secondary N) is 5. The Morgan fingerprint density at radius 3 is 2.33 bits per heavy atom. The van der Waals surface area contributed by atoms with E-state index in [1.165, 1.54) is 0 Å². The van der Waals surface area contributed by atoms with Gasteiger partial charge in [0.25, 0.3) is 11.8 Å². The number of rotatable bonds is 11. The van der Waals surface area contributed by atoms with E-state index in [1.54, 1.807) is 35.2 Å².